The third-order valence-corrected chi connectivity index (χ3v) is 4.40. The van der Waals surface area contributed by atoms with Gasteiger partial charge in [0.05, 0.1) is 17.1 Å². The molecule has 0 fully saturated rings. The van der Waals surface area contributed by atoms with Gasteiger partial charge in [0.2, 0.25) is 5.91 Å². The summed E-state index contributed by atoms with van der Waals surface area (Å²) >= 11 is 1.22. The highest BCUT2D eigenvalue weighted by molar-refractivity contribution is 8.00. The summed E-state index contributed by atoms with van der Waals surface area (Å²) in [7, 11) is 0. The molecule has 24 heavy (non-hydrogen) atoms. The third-order valence-electron chi connectivity index (χ3n) is 3.46. The molecule has 0 aliphatic carbocycles. The van der Waals surface area contributed by atoms with E-state index in [-0.39, 0.29) is 11.2 Å². The Morgan fingerprint density at radius 1 is 1.17 bits per heavy atom. The van der Waals surface area contributed by atoms with Crippen LogP contribution in [0.5, 0.6) is 0 Å². The first-order chi connectivity index (χ1) is 11.5. The third kappa shape index (κ3) is 3.68. The average molecular weight is 343 g/mol. The van der Waals surface area contributed by atoms with Gasteiger partial charge in [-0.25, -0.2) is 0 Å². The minimum absolute atomic E-state index is 0.122. The van der Waals surface area contributed by atoms with E-state index in [0.29, 0.717) is 16.9 Å². The Hall–Kier alpha value is -2.54. The first-order valence-corrected chi connectivity index (χ1v) is 8.33. The normalized spacial score (nSPS) is 12.1. The summed E-state index contributed by atoms with van der Waals surface area (Å²) in [4.78, 5) is 12.3. The van der Waals surface area contributed by atoms with Crippen molar-refractivity contribution in [1.82, 2.24) is 10.2 Å². The molecule has 1 N–H and O–H groups in total. The van der Waals surface area contributed by atoms with Crippen LogP contribution < -0.4 is 5.32 Å². The maximum absolute atomic E-state index is 12.3. The lowest BCUT2D eigenvalue weighted by Gasteiger charge is -2.09. The fraction of sp³-hybridized carbons (Fsp3) is 0.235. The molecule has 0 bridgehead atoms. The molecule has 0 radical (unpaired) electrons. The Morgan fingerprint density at radius 3 is 2.58 bits per heavy atom. The van der Waals surface area contributed by atoms with E-state index in [2.05, 4.69) is 15.5 Å². The smallest absolute Gasteiger partial charge is 0.277 e. The summed E-state index contributed by atoms with van der Waals surface area (Å²) in [6, 6.07) is 9.41. The number of thioether (sulfide) groups is 1. The van der Waals surface area contributed by atoms with Crippen molar-refractivity contribution in [3.8, 4) is 11.5 Å². The van der Waals surface area contributed by atoms with Crippen LogP contribution in [-0.2, 0) is 4.79 Å². The summed E-state index contributed by atoms with van der Waals surface area (Å²) in [5, 5.41) is 10.8. The standard InChI is InChI=1S/C17H17N3O3S/c1-10-4-6-13(7-5-10)18-15(21)12(3)24-17-20-19-16(23-17)14-8-9-22-11(14)2/h4-9,12H,1-3H3,(H,18,21)/t12-/m1/s1. The molecule has 2 heterocycles. The van der Waals surface area contributed by atoms with E-state index in [0.717, 1.165) is 16.8 Å². The topological polar surface area (TPSA) is 81.2 Å². The summed E-state index contributed by atoms with van der Waals surface area (Å²) in [5.74, 6) is 0.971. The first-order valence-electron chi connectivity index (χ1n) is 7.45. The van der Waals surface area contributed by atoms with E-state index in [9.17, 15) is 4.79 Å². The van der Waals surface area contributed by atoms with Crippen LogP contribution in [-0.4, -0.2) is 21.4 Å². The predicted octanol–water partition coefficient (Wildman–Crippen LogP) is 4.07. The molecule has 2 aromatic heterocycles. The molecule has 1 atom stereocenters. The van der Waals surface area contributed by atoms with E-state index >= 15 is 0 Å². The minimum atomic E-state index is -0.370. The number of hydrogen-bond acceptors (Lipinski definition) is 6. The van der Waals surface area contributed by atoms with Gasteiger partial charge in [-0.05, 0) is 39.0 Å². The molecule has 6 nitrogen and oxygen atoms in total. The number of nitrogens with zero attached hydrogens (tertiary/aromatic N) is 2. The number of carbonyl (C=O) groups is 1. The van der Waals surface area contributed by atoms with E-state index in [1.807, 2.05) is 38.1 Å². The molecule has 1 amide bonds. The van der Waals surface area contributed by atoms with Gasteiger partial charge in [-0.1, -0.05) is 29.5 Å². The predicted molar refractivity (Wildman–Crippen MR) is 91.9 cm³/mol. The van der Waals surface area contributed by atoms with Crippen molar-refractivity contribution in [3.05, 3.63) is 47.9 Å². The van der Waals surface area contributed by atoms with Gasteiger partial charge in [-0.3, -0.25) is 4.79 Å². The number of nitrogens with one attached hydrogen (secondary N) is 1. The zero-order valence-electron chi connectivity index (χ0n) is 13.6. The molecule has 124 valence electrons. The van der Waals surface area contributed by atoms with Crippen molar-refractivity contribution in [1.29, 1.82) is 0 Å². The SMILES string of the molecule is Cc1ccc(NC(=O)[C@@H](C)Sc2nnc(-c3ccoc3C)o2)cc1. The van der Waals surface area contributed by atoms with Crippen LogP contribution in [0.2, 0.25) is 0 Å². The number of aryl methyl sites for hydroxylation is 2. The summed E-state index contributed by atoms with van der Waals surface area (Å²) in [5.41, 5.74) is 2.66. The Bertz CT molecular complexity index is 839. The Labute approximate surface area is 143 Å². The fourth-order valence-electron chi connectivity index (χ4n) is 2.06. The molecule has 0 aliphatic heterocycles. The zero-order valence-corrected chi connectivity index (χ0v) is 14.4. The molecular weight excluding hydrogens is 326 g/mol. The van der Waals surface area contributed by atoms with Crippen LogP contribution in [0.15, 0.2) is 50.7 Å². The summed E-state index contributed by atoms with van der Waals surface area (Å²) in [6.45, 7) is 5.62. The van der Waals surface area contributed by atoms with Crippen LogP contribution in [0, 0.1) is 13.8 Å². The highest BCUT2D eigenvalue weighted by Crippen LogP contribution is 2.28. The molecule has 3 rings (SSSR count). The van der Waals surface area contributed by atoms with Gasteiger partial charge in [0.25, 0.3) is 11.1 Å². The Morgan fingerprint density at radius 2 is 1.92 bits per heavy atom. The van der Waals surface area contributed by atoms with Crippen LogP contribution >= 0.6 is 11.8 Å². The monoisotopic (exact) mass is 343 g/mol. The average Bonchev–Trinajstić information content (AvgIpc) is 3.18. The van der Waals surface area contributed by atoms with Crippen molar-refractivity contribution in [2.24, 2.45) is 0 Å². The molecule has 0 unspecified atom stereocenters. The molecule has 1 aromatic carbocycles. The second-order valence-corrected chi connectivity index (χ2v) is 6.67. The molecule has 0 saturated heterocycles. The number of hydrogen-bond donors (Lipinski definition) is 1. The van der Waals surface area contributed by atoms with Gasteiger partial charge in [0.1, 0.15) is 5.76 Å². The van der Waals surface area contributed by atoms with Gasteiger partial charge >= 0.3 is 0 Å². The number of amides is 1. The second kappa shape index (κ2) is 6.92. The molecular formula is C17H17N3O3S. The minimum Gasteiger partial charge on any atom is -0.469 e. The van der Waals surface area contributed by atoms with Crippen molar-refractivity contribution in [2.75, 3.05) is 5.32 Å². The van der Waals surface area contributed by atoms with Crippen molar-refractivity contribution < 1.29 is 13.6 Å². The molecule has 3 aromatic rings. The van der Waals surface area contributed by atoms with Gasteiger partial charge in [0, 0.05) is 5.69 Å². The number of anilines is 1. The van der Waals surface area contributed by atoms with Crippen molar-refractivity contribution in [2.45, 2.75) is 31.2 Å². The van der Waals surface area contributed by atoms with Crippen LogP contribution in [0.25, 0.3) is 11.5 Å². The number of aromatic nitrogens is 2. The zero-order chi connectivity index (χ0) is 17.1. The number of carbonyl (C=O) groups excluding carboxylic acids is 1. The van der Waals surface area contributed by atoms with Crippen LogP contribution in [0.1, 0.15) is 18.2 Å². The lowest BCUT2D eigenvalue weighted by molar-refractivity contribution is -0.115. The number of furan rings is 1. The van der Waals surface area contributed by atoms with Gasteiger partial charge in [0.15, 0.2) is 0 Å². The maximum atomic E-state index is 12.3. The highest BCUT2D eigenvalue weighted by Gasteiger charge is 2.20. The van der Waals surface area contributed by atoms with Gasteiger partial charge in [-0.15, -0.1) is 10.2 Å². The van der Waals surface area contributed by atoms with E-state index < -0.39 is 0 Å². The lowest BCUT2D eigenvalue weighted by atomic mass is 10.2. The second-order valence-electron chi connectivity index (χ2n) is 5.38. The van der Waals surface area contributed by atoms with Gasteiger partial charge < -0.3 is 14.2 Å². The molecule has 7 heteroatoms. The number of rotatable bonds is 5. The summed E-state index contributed by atoms with van der Waals surface area (Å²) in [6.07, 6.45) is 1.57. The van der Waals surface area contributed by atoms with E-state index in [4.69, 9.17) is 8.83 Å². The maximum Gasteiger partial charge on any atom is 0.277 e. The fourth-order valence-corrected chi connectivity index (χ4v) is 2.74. The lowest BCUT2D eigenvalue weighted by Crippen LogP contribution is -2.22. The summed E-state index contributed by atoms with van der Waals surface area (Å²) < 4.78 is 10.8. The largest absolute Gasteiger partial charge is 0.469 e. The quantitative estimate of drug-likeness (QED) is 0.703. The van der Waals surface area contributed by atoms with Crippen molar-refractivity contribution >= 4 is 23.4 Å². The van der Waals surface area contributed by atoms with Crippen LogP contribution in [0.4, 0.5) is 5.69 Å². The van der Waals surface area contributed by atoms with E-state index in [1.165, 1.54) is 11.8 Å². The van der Waals surface area contributed by atoms with Crippen LogP contribution in [0.3, 0.4) is 0 Å². The van der Waals surface area contributed by atoms with E-state index in [1.54, 1.807) is 19.3 Å². The van der Waals surface area contributed by atoms with Gasteiger partial charge in [-0.2, -0.15) is 0 Å². The molecule has 0 aliphatic rings. The van der Waals surface area contributed by atoms with Crippen molar-refractivity contribution in [3.63, 3.8) is 0 Å². The Kier molecular flexibility index (Phi) is 4.71. The Balaban J connectivity index is 1.63. The highest BCUT2D eigenvalue weighted by atomic mass is 32.2. The first kappa shape index (κ1) is 16.3. The molecule has 0 saturated carbocycles. The molecule has 0 spiro atoms. The number of benzene rings is 1.